The average Bonchev–Trinajstić information content (AvgIpc) is 2.55. The van der Waals surface area contributed by atoms with Gasteiger partial charge in [-0.25, -0.2) is 4.39 Å². The molecule has 0 fully saturated rings. The summed E-state index contributed by atoms with van der Waals surface area (Å²) in [7, 11) is 3.12. The van der Waals surface area contributed by atoms with Gasteiger partial charge in [-0.05, 0) is 36.4 Å². The van der Waals surface area contributed by atoms with Crippen LogP contribution >= 0.6 is 0 Å². The highest BCUT2D eigenvalue weighted by Crippen LogP contribution is 2.28. The third-order valence-corrected chi connectivity index (χ3v) is 3.01. The second kappa shape index (κ2) is 7.26. The van der Waals surface area contributed by atoms with Gasteiger partial charge in [-0.2, -0.15) is 0 Å². The van der Waals surface area contributed by atoms with Crippen LogP contribution in [0.25, 0.3) is 0 Å². The second-order valence-electron chi connectivity index (χ2n) is 4.42. The summed E-state index contributed by atoms with van der Waals surface area (Å²) < 4.78 is 23.2. The van der Waals surface area contributed by atoms with E-state index in [1.165, 1.54) is 36.5 Å². The van der Waals surface area contributed by atoms with Gasteiger partial charge in [0.05, 0.1) is 19.9 Å². The summed E-state index contributed by atoms with van der Waals surface area (Å²) in [5.74, 6) is 0.690. The summed E-state index contributed by atoms with van der Waals surface area (Å²) in [5.41, 5.74) is 1.09. The minimum Gasteiger partial charge on any atom is -0.497 e. The first-order chi connectivity index (χ1) is 10.6. The third kappa shape index (κ3) is 3.85. The van der Waals surface area contributed by atoms with E-state index in [0.717, 1.165) is 0 Å². The monoisotopic (exact) mass is 301 g/mol. The van der Waals surface area contributed by atoms with Crippen molar-refractivity contribution >= 4 is 11.5 Å². The number of anilines is 1. The molecule has 0 saturated carbocycles. The first-order valence-electron chi connectivity index (χ1n) is 6.59. The lowest BCUT2D eigenvalue weighted by Crippen LogP contribution is -1.98. The quantitative estimate of drug-likeness (QED) is 0.653. The molecule has 114 valence electrons. The van der Waals surface area contributed by atoms with Gasteiger partial charge in [0.15, 0.2) is 5.78 Å². The molecular weight excluding hydrogens is 285 g/mol. The lowest BCUT2D eigenvalue weighted by molar-refractivity contribution is 0.104. The molecule has 0 aliphatic heterocycles. The van der Waals surface area contributed by atoms with Gasteiger partial charge in [0, 0.05) is 23.9 Å². The lowest BCUT2D eigenvalue weighted by Gasteiger charge is -2.09. The Labute approximate surface area is 128 Å². The Morgan fingerprint density at radius 3 is 2.45 bits per heavy atom. The molecule has 0 heterocycles. The second-order valence-corrected chi connectivity index (χ2v) is 4.42. The number of carbonyl (C=O) groups is 1. The standard InChI is InChI=1S/C17H16FNO3/c1-21-14-7-8-17(22-2)15(11-14)19-10-9-16(20)12-3-5-13(18)6-4-12/h3-11,19H,1-2H3/b10-9+. The van der Waals surface area contributed by atoms with Crippen molar-refractivity contribution in [2.45, 2.75) is 0 Å². The molecule has 5 heteroatoms. The van der Waals surface area contributed by atoms with Crippen molar-refractivity contribution < 1.29 is 18.7 Å². The van der Waals surface area contributed by atoms with E-state index >= 15 is 0 Å². The van der Waals surface area contributed by atoms with E-state index in [2.05, 4.69) is 5.32 Å². The molecule has 2 rings (SSSR count). The summed E-state index contributed by atoms with van der Waals surface area (Å²) in [6.45, 7) is 0. The summed E-state index contributed by atoms with van der Waals surface area (Å²) in [6.07, 6.45) is 2.87. The predicted octanol–water partition coefficient (Wildman–Crippen LogP) is 3.65. The maximum absolute atomic E-state index is 12.8. The van der Waals surface area contributed by atoms with Gasteiger partial charge >= 0.3 is 0 Å². The number of halogens is 1. The first kappa shape index (κ1) is 15.6. The van der Waals surface area contributed by atoms with E-state index in [-0.39, 0.29) is 11.6 Å². The highest BCUT2D eigenvalue weighted by atomic mass is 19.1. The van der Waals surface area contributed by atoms with Crippen LogP contribution in [0.2, 0.25) is 0 Å². The van der Waals surface area contributed by atoms with Crippen molar-refractivity contribution in [2.24, 2.45) is 0 Å². The van der Waals surface area contributed by atoms with Crippen molar-refractivity contribution in [3.8, 4) is 11.5 Å². The molecule has 2 aromatic carbocycles. The molecule has 4 nitrogen and oxygen atoms in total. The fourth-order valence-corrected chi connectivity index (χ4v) is 1.84. The van der Waals surface area contributed by atoms with Gasteiger partial charge in [0.1, 0.15) is 17.3 Å². The summed E-state index contributed by atoms with van der Waals surface area (Å²) in [5, 5.41) is 2.97. The molecule has 2 aromatic rings. The molecule has 0 bridgehead atoms. The SMILES string of the molecule is COc1ccc(OC)c(N/C=C/C(=O)c2ccc(F)cc2)c1. The van der Waals surface area contributed by atoms with Crippen LogP contribution in [0.5, 0.6) is 11.5 Å². The molecule has 0 radical (unpaired) electrons. The molecule has 0 aliphatic rings. The van der Waals surface area contributed by atoms with Crippen LogP contribution in [-0.4, -0.2) is 20.0 Å². The summed E-state index contributed by atoms with van der Waals surface area (Å²) >= 11 is 0. The Morgan fingerprint density at radius 1 is 1.09 bits per heavy atom. The van der Waals surface area contributed by atoms with Gasteiger partial charge in [-0.3, -0.25) is 4.79 Å². The van der Waals surface area contributed by atoms with Crippen LogP contribution in [0, 0.1) is 5.82 Å². The van der Waals surface area contributed by atoms with E-state index < -0.39 is 0 Å². The Hall–Kier alpha value is -2.82. The zero-order valence-electron chi connectivity index (χ0n) is 12.3. The largest absolute Gasteiger partial charge is 0.497 e. The van der Waals surface area contributed by atoms with E-state index in [0.29, 0.717) is 22.7 Å². The third-order valence-electron chi connectivity index (χ3n) is 3.01. The van der Waals surface area contributed by atoms with Crippen LogP contribution < -0.4 is 14.8 Å². The summed E-state index contributed by atoms with van der Waals surface area (Å²) in [6, 6.07) is 10.7. The maximum atomic E-state index is 12.8. The number of ether oxygens (including phenoxy) is 2. The van der Waals surface area contributed by atoms with Crippen molar-refractivity contribution in [3.05, 3.63) is 66.1 Å². The van der Waals surface area contributed by atoms with Crippen LogP contribution in [0.1, 0.15) is 10.4 Å². The Balaban J connectivity index is 2.08. The predicted molar refractivity (Wildman–Crippen MR) is 83.0 cm³/mol. The van der Waals surface area contributed by atoms with E-state index in [1.54, 1.807) is 32.4 Å². The molecule has 0 atom stereocenters. The summed E-state index contributed by atoms with van der Waals surface area (Å²) in [4.78, 5) is 11.9. The van der Waals surface area contributed by atoms with Crippen molar-refractivity contribution in [1.82, 2.24) is 0 Å². The molecule has 0 amide bonds. The highest BCUT2D eigenvalue weighted by molar-refractivity contribution is 6.04. The van der Waals surface area contributed by atoms with Crippen molar-refractivity contribution in [2.75, 3.05) is 19.5 Å². The van der Waals surface area contributed by atoms with Crippen molar-refractivity contribution in [3.63, 3.8) is 0 Å². The number of methoxy groups -OCH3 is 2. The molecule has 0 saturated heterocycles. The highest BCUT2D eigenvalue weighted by Gasteiger charge is 2.04. The number of nitrogens with one attached hydrogen (secondary N) is 1. The normalized spacial score (nSPS) is 10.5. The molecule has 0 aromatic heterocycles. The number of carbonyl (C=O) groups excluding carboxylic acids is 1. The number of hydrogen-bond donors (Lipinski definition) is 1. The number of allylic oxidation sites excluding steroid dienone is 1. The van der Waals surface area contributed by atoms with Gasteiger partial charge in [0.25, 0.3) is 0 Å². The Morgan fingerprint density at radius 2 is 1.82 bits per heavy atom. The fourth-order valence-electron chi connectivity index (χ4n) is 1.84. The van der Waals surface area contributed by atoms with E-state index in [4.69, 9.17) is 9.47 Å². The first-order valence-corrected chi connectivity index (χ1v) is 6.59. The minimum absolute atomic E-state index is 0.227. The minimum atomic E-state index is -0.375. The number of benzene rings is 2. The molecule has 1 N–H and O–H groups in total. The van der Waals surface area contributed by atoms with Gasteiger partial charge < -0.3 is 14.8 Å². The van der Waals surface area contributed by atoms with E-state index in [1.807, 2.05) is 0 Å². The van der Waals surface area contributed by atoms with E-state index in [9.17, 15) is 9.18 Å². The zero-order chi connectivity index (χ0) is 15.9. The van der Waals surface area contributed by atoms with Gasteiger partial charge in [0.2, 0.25) is 0 Å². The molecule has 22 heavy (non-hydrogen) atoms. The van der Waals surface area contributed by atoms with Crippen LogP contribution in [-0.2, 0) is 0 Å². The smallest absolute Gasteiger partial charge is 0.187 e. The fraction of sp³-hybridized carbons (Fsp3) is 0.118. The zero-order valence-corrected chi connectivity index (χ0v) is 12.3. The van der Waals surface area contributed by atoms with Crippen molar-refractivity contribution in [1.29, 1.82) is 0 Å². The van der Waals surface area contributed by atoms with Gasteiger partial charge in [-0.1, -0.05) is 0 Å². The number of ketones is 1. The Kier molecular flexibility index (Phi) is 5.14. The van der Waals surface area contributed by atoms with Crippen LogP contribution in [0.4, 0.5) is 10.1 Å². The molecule has 0 unspecified atom stereocenters. The molecular formula is C17H16FNO3. The maximum Gasteiger partial charge on any atom is 0.187 e. The molecule has 0 aliphatic carbocycles. The lowest BCUT2D eigenvalue weighted by atomic mass is 10.1. The topological polar surface area (TPSA) is 47.6 Å². The van der Waals surface area contributed by atoms with Gasteiger partial charge in [-0.15, -0.1) is 0 Å². The Bertz CT molecular complexity index is 681. The average molecular weight is 301 g/mol. The van der Waals surface area contributed by atoms with Crippen LogP contribution in [0.3, 0.4) is 0 Å². The molecule has 0 spiro atoms. The van der Waals surface area contributed by atoms with Crippen LogP contribution in [0.15, 0.2) is 54.7 Å². The number of hydrogen-bond acceptors (Lipinski definition) is 4. The number of rotatable bonds is 6.